The van der Waals surface area contributed by atoms with Crippen LogP contribution in [-0.2, 0) is 6.42 Å². The number of nitrogens with two attached hydrogens (primary N) is 1. The Bertz CT molecular complexity index is 636. The minimum atomic E-state index is 0.302. The van der Waals surface area contributed by atoms with Gasteiger partial charge in [-0.15, -0.1) is 0 Å². The third-order valence-corrected chi connectivity index (χ3v) is 5.18. The normalized spacial score (nSPS) is 28.0. The van der Waals surface area contributed by atoms with Crippen LogP contribution in [0.5, 0.6) is 0 Å². The van der Waals surface area contributed by atoms with E-state index in [2.05, 4.69) is 29.4 Å². The van der Waals surface area contributed by atoms with Crippen molar-refractivity contribution in [2.45, 2.75) is 43.9 Å². The number of nitrogens with zero attached hydrogens (tertiary/aromatic N) is 2. The highest BCUT2D eigenvalue weighted by Gasteiger charge is 2.34. The van der Waals surface area contributed by atoms with E-state index in [1.165, 1.54) is 24.0 Å². The highest BCUT2D eigenvalue weighted by molar-refractivity contribution is 5.38. The molecule has 3 atom stereocenters. The van der Waals surface area contributed by atoms with E-state index in [0.717, 1.165) is 31.0 Å². The molecule has 0 aliphatic heterocycles. The quantitative estimate of drug-likeness (QED) is 0.940. The van der Waals surface area contributed by atoms with Crippen molar-refractivity contribution in [2.75, 3.05) is 6.54 Å². The fourth-order valence-electron chi connectivity index (χ4n) is 4.01. The molecule has 2 N–H and O–H groups in total. The summed E-state index contributed by atoms with van der Waals surface area (Å²) in [5.41, 5.74) is 8.66. The Balaban J connectivity index is 1.61. The van der Waals surface area contributed by atoms with Gasteiger partial charge in [-0.05, 0) is 49.3 Å². The number of fused-ring (bicyclic) bond motifs is 1. The molecule has 21 heavy (non-hydrogen) atoms. The molecule has 0 amide bonds. The van der Waals surface area contributed by atoms with E-state index in [9.17, 15) is 0 Å². The van der Waals surface area contributed by atoms with Crippen molar-refractivity contribution < 1.29 is 4.52 Å². The molecule has 4 heteroatoms. The molecule has 2 aromatic rings. The molecule has 0 spiro atoms. The van der Waals surface area contributed by atoms with Crippen LogP contribution in [-0.4, -0.2) is 16.7 Å². The predicted molar refractivity (Wildman–Crippen MR) is 80.0 cm³/mol. The predicted octanol–water partition coefficient (Wildman–Crippen LogP) is 2.99. The van der Waals surface area contributed by atoms with Crippen LogP contribution in [0.2, 0.25) is 0 Å². The molecule has 1 fully saturated rings. The summed E-state index contributed by atoms with van der Waals surface area (Å²) >= 11 is 0. The van der Waals surface area contributed by atoms with Gasteiger partial charge in [0.15, 0.2) is 5.82 Å². The van der Waals surface area contributed by atoms with Gasteiger partial charge in [-0.1, -0.05) is 35.8 Å². The Kier molecular flexibility index (Phi) is 3.26. The molecule has 1 saturated carbocycles. The average Bonchev–Trinajstić information content (AvgIpc) is 3.24. The van der Waals surface area contributed by atoms with Crippen LogP contribution >= 0.6 is 0 Å². The summed E-state index contributed by atoms with van der Waals surface area (Å²) in [4.78, 5) is 4.74. The Morgan fingerprint density at radius 2 is 2.10 bits per heavy atom. The van der Waals surface area contributed by atoms with Crippen LogP contribution in [0, 0.1) is 5.92 Å². The van der Waals surface area contributed by atoms with E-state index >= 15 is 0 Å². The van der Waals surface area contributed by atoms with Gasteiger partial charge >= 0.3 is 0 Å². The Morgan fingerprint density at radius 1 is 1.19 bits per heavy atom. The molecular formula is C17H21N3O. The molecule has 2 aliphatic carbocycles. The second-order valence-corrected chi connectivity index (χ2v) is 6.31. The molecule has 0 saturated heterocycles. The van der Waals surface area contributed by atoms with E-state index in [-0.39, 0.29) is 0 Å². The van der Waals surface area contributed by atoms with Crippen molar-refractivity contribution in [1.82, 2.24) is 10.1 Å². The van der Waals surface area contributed by atoms with Gasteiger partial charge < -0.3 is 10.3 Å². The average molecular weight is 283 g/mol. The second-order valence-electron chi connectivity index (χ2n) is 6.31. The summed E-state index contributed by atoms with van der Waals surface area (Å²) in [5.74, 6) is 2.85. The highest BCUT2D eigenvalue weighted by Crippen LogP contribution is 2.40. The first-order valence-corrected chi connectivity index (χ1v) is 7.98. The zero-order chi connectivity index (χ0) is 14.2. The maximum absolute atomic E-state index is 5.86. The van der Waals surface area contributed by atoms with Crippen LogP contribution < -0.4 is 5.73 Å². The molecule has 4 nitrogen and oxygen atoms in total. The lowest BCUT2D eigenvalue weighted by Gasteiger charge is -2.12. The van der Waals surface area contributed by atoms with Gasteiger partial charge in [0.2, 0.25) is 5.89 Å². The number of aryl methyl sites for hydroxylation is 1. The number of aromatic nitrogens is 2. The summed E-state index contributed by atoms with van der Waals surface area (Å²) in [6.07, 6.45) is 5.73. The van der Waals surface area contributed by atoms with Crippen LogP contribution in [0.25, 0.3) is 0 Å². The molecule has 0 radical (unpaired) electrons. The SMILES string of the molecule is NCC1CCCC1c1nc(C2CCc3ccccc32)no1. The van der Waals surface area contributed by atoms with E-state index in [4.69, 9.17) is 15.2 Å². The van der Waals surface area contributed by atoms with Crippen molar-refractivity contribution >= 4 is 0 Å². The first-order valence-electron chi connectivity index (χ1n) is 7.98. The molecule has 1 aromatic carbocycles. The van der Waals surface area contributed by atoms with Crippen LogP contribution in [0.3, 0.4) is 0 Å². The summed E-state index contributed by atoms with van der Waals surface area (Å²) in [7, 11) is 0. The van der Waals surface area contributed by atoms with Gasteiger partial charge in [-0.2, -0.15) is 4.98 Å². The fourth-order valence-corrected chi connectivity index (χ4v) is 4.01. The van der Waals surface area contributed by atoms with Crippen LogP contribution in [0.1, 0.15) is 60.4 Å². The number of rotatable bonds is 3. The lowest BCUT2D eigenvalue weighted by atomic mass is 9.96. The lowest BCUT2D eigenvalue weighted by Crippen LogP contribution is -2.17. The van der Waals surface area contributed by atoms with Crippen molar-refractivity contribution in [3.8, 4) is 0 Å². The Labute approximate surface area is 124 Å². The standard InChI is InChI=1S/C17H21N3O/c18-10-12-5-3-7-14(12)17-19-16(20-21-17)15-9-8-11-4-1-2-6-13(11)15/h1-2,4,6,12,14-15H,3,5,7-10,18H2. The topological polar surface area (TPSA) is 64.9 Å². The molecule has 3 unspecified atom stereocenters. The number of hydrogen-bond acceptors (Lipinski definition) is 4. The molecule has 1 aromatic heterocycles. The third-order valence-electron chi connectivity index (χ3n) is 5.18. The zero-order valence-corrected chi connectivity index (χ0v) is 12.2. The van der Waals surface area contributed by atoms with Crippen molar-refractivity contribution in [2.24, 2.45) is 11.7 Å². The van der Waals surface area contributed by atoms with E-state index in [1.807, 2.05) is 0 Å². The fraction of sp³-hybridized carbons (Fsp3) is 0.529. The van der Waals surface area contributed by atoms with Crippen molar-refractivity contribution in [1.29, 1.82) is 0 Å². The van der Waals surface area contributed by atoms with Gasteiger partial charge in [0.25, 0.3) is 0 Å². The molecule has 1 heterocycles. The second kappa shape index (κ2) is 5.26. The van der Waals surface area contributed by atoms with E-state index < -0.39 is 0 Å². The van der Waals surface area contributed by atoms with Gasteiger partial charge in [-0.25, -0.2) is 0 Å². The molecule has 0 bridgehead atoms. The molecule has 2 aliphatic rings. The molecular weight excluding hydrogens is 262 g/mol. The minimum Gasteiger partial charge on any atom is -0.339 e. The number of hydrogen-bond donors (Lipinski definition) is 1. The van der Waals surface area contributed by atoms with Gasteiger partial charge in [0.1, 0.15) is 0 Å². The highest BCUT2D eigenvalue weighted by atomic mass is 16.5. The minimum absolute atomic E-state index is 0.302. The maximum Gasteiger partial charge on any atom is 0.230 e. The zero-order valence-electron chi connectivity index (χ0n) is 12.2. The van der Waals surface area contributed by atoms with Gasteiger partial charge in [0, 0.05) is 11.8 Å². The van der Waals surface area contributed by atoms with E-state index in [0.29, 0.717) is 24.3 Å². The molecule has 110 valence electrons. The van der Waals surface area contributed by atoms with Gasteiger partial charge in [-0.3, -0.25) is 0 Å². The first-order chi connectivity index (χ1) is 10.4. The van der Waals surface area contributed by atoms with Crippen LogP contribution in [0.15, 0.2) is 28.8 Å². The van der Waals surface area contributed by atoms with Crippen LogP contribution in [0.4, 0.5) is 0 Å². The molecule has 4 rings (SSSR count). The first kappa shape index (κ1) is 13.0. The van der Waals surface area contributed by atoms with Crippen molar-refractivity contribution in [3.05, 3.63) is 47.1 Å². The summed E-state index contributed by atoms with van der Waals surface area (Å²) in [5, 5.41) is 4.28. The number of benzene rings is 1. The van der Waals surface area contributed by atoms with E-state index in [1.54, 1.807) is 0 Å². The Hall–Kier alpha value is -1.68. The Morgan fingerprint density at radius 3 is 3.00 bits per heavy atom. The van der Waals surface area contributed by atoms with Gasteiger partial charge in [0.05, 0.1) is 0 Å². The smallest absolute Gasteiger partial charge is 0.230 e. The third kappa shape index (κ3) is 2.18. The summed E-state index contributed by atoms with van der Waals surface area (Å²) < 4.78 is 5.59. The summed E-state index contributed by atoms with van der Waals surface area (Å²) in [6.45, 7) is 0.717. The monoisotopic (exact) mass is 283 g/mol. The maximum atomic E-state index is 5.86. The summed E-state index contributed by atoms with van der Waals surface area (Å²) in [6, 6.07) is 8.60. The largest absolute Gasteiger partial charge is 0.339 e. The van der Waals surface area contributed by atoms with Crippen molar-refractivity contribution in [3.63, 3.8) is 0 Å². The lowest BCUT2D eigenvalue weighted by molar-refractivity contribution is 0.322.